The lowest BCUT2D eigenvalue weighted by Crippen LogP contribution is -2.05. The topological polar surface area (TPSA) is 113 Å². The first-order valence-corrected chi connectivity index (χ1v) is 12.6. The van der Waals surface area contributed by atoms with E-state index in [1.165, 1.54) is 18.2 Å². The fourth-order valence-electron chi connectivity index (χ4n) is 5.50. The van der Waals surface area contributed by atoms with Gasteiger partial charge in [0.15, 0.2) is 0 Å². The number of hydrogen-bond donors (Lipinski definition) is 0. The summed E-state index contributed by atoms with van der Waals surface area (Å²) >= 11 is 0. The van der Waals surface area contributed by atoms with Crippen molar-refractivity contribution in [1.82, 2.24) is 0 Å². The van der Waals surface area contributed by atoms with E-state index in [4.69, 9.17) is 26.3 Å². The normalized spacial score (nSPS) is 14.6. The van der Waals surface area contributed by atoms with Crippen LogP contribution >= 0.6 is 0 Å². The van der Waals surface area contributed by atoms with Crippen molar-refractivity contribution < 1.29 is 26.3 Å². The highest BCUT2D eigenvalue weighted by atomic mass is 19.2. The monoisotopic (exact) mass is 638 g/mol. The van der Waals surface area contributed by atoms with E-state index in [2.05, 4.69) is 19.4 Å². The van der Waals surface area contributed by atoms with E-state index in [1.807, 2.05) is 0 Å². The first kappa shape index (κ1) is 31.5. The summed E-state index contributed by atoms with van der Waals surface area (Å²) in [4.78, 5) is 12.1. The lowest BCUT2D eigenvalue weighted by atomic mass is 9.89. The summed E-state index contributed by atoms with van der Waals surface area (Å²) < 4.78 is 93.1. The third-order valence-corrected chi connectivity index (χ3v) is 7.36. The molecule has 0 spiro atoms. The average Bonchev–Trinajstić information content (AvgIpc) is 3.59. The highest BCUT2D eigenvalue weighted by Gasteiger charge is 2.44. The van der Waals surface area contributed by atoms with Crippen LogP contribution in [0, 0.1) is 107 Å². The van der Waals surface area contributed by atoms with Gasteiger partial charge in [0, 0.05) is 45.0 Å². The number of benzene rings is 3. The second kappa shape index (κ2) is 11.6. The lowest BCUT2D eigenvalue weighted by Gasteiger charge is -2.16. The Labute approximate surface area is 266 Å². The zero-order chi connectivity index (χ0) is 35.2. The van der Waals surface area contributed by atoms with E-state index in [0.29, 0.717) is 12.1 Å². The van der Waals surface area contributed by atoms with Crippen LogP contribution in [-0.4, -0.2) is 0 Å². The second-order valence-electron chi connectivity index (χ2n) is 9.54. The maximum Gasteiger partial charge on any atom is 0.270 e. The molecule has 0 atom stereocenters. The van der Waals surface area contributed by atoms with Crippen LogP contribution in [0.25, 0.3) is 52.9 Å². The first-order valence-electron chi connectivity index (χ1n) is 12.6. The van der Waals surface area contributed by atoms with E-state index < -0.39 is 124 Å². The van der Waals surface area contributed by atoms with Crippen LogP contribution in [0.2, 0.25) is 0 Å². The first-order chi connectivity index (χ1) is 23.0. The number of fused-ring (bicyclic) bond motifs is 2. The van der Waals surface area contributed by atoms with Gasteiger partial charge in [-0.1, -0.05) is 0 Å². The Morgan fingerprint density at radius 2 is 1.08 bits per heavy atom. The van der Waals surface area contributed by atoms with Gasteiger partial charge in [0.1, 0.15) is 47.0 Å². The third kappa shape index (κ3) is 4.18. The Morgan fingerprint density at radius 3 is 1.58 bits per heavy atom. The molecule has 3 aromatic carbocycles. The Kier molecular flexibility index (Phi) is 7.60. The summed E-state index contributed by atoms with van der Waals surface area (Å²) in [6.07, 6.45) is 0. The molecule has 0 unspecified atom stereocenters. The Balaban J connectivity index is 2.08. The summed E-state index contributed by atoms with van der Waals surface area (Å²) in [5, 5.41) is 39.1. The van der Waals surface area contributed by atoms with Gasteiger partial charge >= 0.3 is 0 Å². The number of halogens is 6. The van der Waals surface area contributed by atoms with E-state index in [1.54, 1.807) is 6.07 Å². The van der Waals surface area contributed by atoms with Gasteiger partial charge in [-0.15, -0.1) is 0 Å². The van der Waals surface area contributed by atoms with Gasteiger partial charge in [-0.25, -0.2) is 56.2 Å². The predicted molar refractivity (Wildman–Crippen MR) is 154 cm³/mol. The van der Waals surface area contributed by atoms with Crippen LogP contribution in [0.1, 0.15) is 38.9 Å². The maximum atomic E-state index is 17.1. The SMILES string of the molecule is [C-]#[N+]C1=C(c2cc([N+]#[C-])c(F)cc2F)/C(=C(/C#N)[N+]#[C-])c2c(F)c3c(c(F)c21)C(C#N)=C(c1cc(C#N)c(F)cc1F)/C3=C(\C#N)[N+]#[C-]. The van der Waals surface area contributed by atoms with Gasteiger partial charge in [-0.05, 0) is 34.9 Å². The molecule has 48 heavy (non-hydrogen) atoms. The molecule has 0 N–H and O–H groups in total. The molecule has 0 amide bonds. The molecule has 2 aliphatic rings. The zero-order valence-electron chi connectivity index (χ0n) is 23.2. The molecule has 5 rings (SSSR count). The third-order valence-electron chi connectivity index (χ3n) is 7.36. The average molecular weight is 638 g/mol. The smallest absolute Gasteiger partial charge is 0.237 e. The van der Waals surface area contributed by atoms with Crippen LogP contribution in [-0.2, 0) is 0 Å². The van der Waals surface area contributed by atoms with Gasteiger partial charge in [0.2, 0.25) is 11.4 Å². The fourth-order valence-corrected chi connectivity index (χ4v) is 5.50. The summed E-state index contributed by atoms with van der Waals surface area (Å²) in [5.74, 6) is -8.84. The number of hydrogen-bond acceptors (Lipinski definition) is 4. The minimum atomic E-state index is -1.64. The summed E-state index contributed by atoms with van der Waals surface area (Å²) in [5.41, 5.74) is -14.5. The minimum absolute atomic E-state index is 0.240. The van der Waals surface area contributed by atoms with Crippen LogP contribution < -0.4 is 0 Å². The largest absolute Gasteiger partial charge is 0.270 e. The molecule has 0 radical (unpaired) electrons. The van der Waals surface area contributed by atoms with Gasteiger partial charge in [0.05, 0.1) is 49.6 Å². The van der Waals surface area contributed by atoms with E-state index in [0.717, 1.165) is 0 Å². The van der Waals surface area contributed by atoms with E-state index >= 15 is 17.6 Å². The maximum absolute atomic E-state index is 17.1. The zero-order valence-corrected chi connectivity index (χ0v) is 23.2. The van der Waals surface area contributed by atoms with Crippen LogP contribution in [0.5, 0.6) is 0 Å². The number of nitrogens with zero attached hydrogens (tertiary/aromatic N) is 8. The molecule has 14 heteroatoms. The van der Waals surface area contributed by atoms with Crippen LogP contribution in [0.4, 0.5) is 32.0 Å². The van der Waals surface area contributed by atoms with Crippen molar-refractivity contribution in [2.24, 2.45) is 0 Å². The van der Waals surface area contributed by atoms with Gasteiger partial charge in [0.25, 0.3) is 11.4 Å². The fraction of sp³-hybridized carbons (Fsp3) is 0. The highest BCUT2D eigenvalue weighted by molar-refractivity contribution is 6.29. The Hall–Kier alpha value is -7.88. The summed E-state index contributed by atoms with van der Waals surface area (Å²) in [6.45, 7) is 30.0. The number of nitriles is 4. The standard InChI is InChI=1S/C34H4F6N8/c1-45-21-6-15(19(37)8-20(21)38)26-28(23(12-44)47-3)30-31(34(26)48-4)32(39)25-16(10-42)24(14-5-13(9-41)17(35)7-18(14)36)27(22(11-43)46-2)29(25)33(30)40/h5-8H/b27-22-,28-23+. The molecule has 0 saturated heterocycles. The molecule has 0 aromatic heterocycles. The van der Waals surface area contributed by atoms with E-state index in [-0.39, 0.29) is 12.1 Å². The van der Waals surface area contributed by atoms with Crippen molar-refractivity contribution in [1.29, 1.82) is 21.0 Å². The molecule has 0 aliphatic heterocycles. The molecular formula is C34H4F6N8. The minimum Gasteiger partial charge on any atom is -0.237 e. The molecule has 2 aliphatic carbocycles. The lowest BCUT2D eigenvalue weighted by molar-refractivity contribution is 0.579. The molecule has 8 nitrogen and oxygen atoms in total. The molecule has 222 valence electrons. The van der Waals surface area contributed by atoms with Crippen molar-refractivity contribution >= 4 is 39.2 Å². The van der Waals surface area contributed by atoms with Gasteiger partial charge in [-0.2, -0.15) is 10.5 Å². The summed E-state index contributed by atoms with van der Waals surface area (Å²) in [6, 6.07) is 7.55. The van der Waals surface area contributed by atoms with Crippen molar-refractivity contribution in [3.05, 3.63) is 155 Å². The quantitative estimate of drug-likeness (QED) is 0.159. The molecule has 0 bridgehead atoms. The summed E-state index contributed by atoms with van der Waals surface area (Å²) in [7, 11) is 0. The van der Waals surface area contributed by atoms with Crippen LogP contribution in [0.3, 0.4) is 0 Å². The van der Waals surface area contributed by atoms with Crippen molar-refractivity contribution in [3.63, 3.8) is 0 Å². The molecule has 0 fully saturated rings. The van der Waals surface area contributed by atoms with Crippen LogP contribution in [0.15, 0.2) is 35.7 Å². The number of allylic oxidation sites excluding steroid dienone is 7. The van der Waals surface area contributed by atoms with Crippen molar-refractivity contribution in [2.75, 3.05) is 0 Å². The van der Waals surface area contributed by atoms with Gasteiger partial charge in [-0.3, -0.25) is 0 Å². The molecule has 0 heterocycles. The molecule has 0 saturated carbocycles. The van der Waals surface area contributed by atoms with E-state index in [9.17, 15) is 29.8 Å². The van der Waals surface area contributed by atoms with Crippen molar-refractivity contribution in [3.8, 4) is 24.3 Å². The Morgan fingerprint density at radius 1 is 0.562 bits per heavy atom. The van der Waals surface area contributed by atoms with Crippen molar-refractivity contribution in [2.45, 2.75) is 0 Å². The Bertz CT molecular complexity index is 2400. The molecule has 3 aromatic rings. The molecular weight excluding hydrogens is 634 g/mol. The number of rotatable bonds is 2. The second-order valence-corrected chi connectivity index (χ2v) is 9.54. The predicted octanol–water partition coefficient (Wildman–Crippen LogP) is 8.50. The highest BCUT2D eigenvalue weighted by Crippen LogP contribution is 2.58. The van der Waals surface area contributed by atoms with Gasteiger partial charge < -0.3 is 0 Å².